The molecule has 0 saturated heterocycles. The van der Waals surface area contributed by atoms with Crippen LogP contribution in [-0.4, -0.2) is 28.1 Å². The standard InChI is InChI=1S/C11H13N3O2/c1-7-4-9-10(5-8(7)2)14(13-12-9)6-11(15)16-3/h4-5H,6H2,1-3H3. The van der Waals surface area contributed by atoms with Gasteiger partial charge in [0.2, 0.25) is 0 Å². The zero-order chi connectivity index (χ0) is 11.7. The van der Waals surface area contributed by atoms with Crippen LogP contribution in [-0.2, 0) is 16.1 Å². The van der Waals surface area contributed by atoms with Gasteiger partial charge in [0.25, 0.3) is 0 Å². The maximum atomic E-state index is 11.2. The van der Waals surface area contributed by atoms with Crippen molar-refractivity contribution in [1.82, 2.24) is 15.0 Å². The molecule has 0 aliphatic carbocycles. The molecule has 84 valence electrons. The molecule has 0 saturated carbocycles. The molecule has 0 bridgehead atoms. The predicted octanol–water partition coefficient (Wildman–Crippen LogP) is 1.22. The number of hydrogen-bond donors (Lipinski definition) is 0. The lowest BCUT2D eigenvalue weighted by atomic mass is 10.1. The van der Waals surface area contributed by atoms with Crippen molar-refractivity contribution in [1.29, 1.82) is 0 Å². The number of methoxy groups -OCH3 is 1. The van der Waals surface area contributed by atoms with E-state index in [0.717, 1.165) is 22.2 Å². The lowest BCUT2D eigenvalue weighted by molar-refractivity contribution is -0.141. The zero-order valence-electron chi connectivity index (χ0n) is 9.52. The molecule has 0 atom stereocenters. The lowest BCUT2D eigenvalue weighted by Crippen LogP contribution is -2.12. The maximum Gasteiger partial charge on any atom is 0.327 e. The molecule has 1 heterocycles. The second-order valence-electron chi connectivity index (χ2n) is 3.75. The third kappa shape index (κ3) is 1.76. The maximum absolute atomic E-state index is 11.2. The van der Waals surface area contributed by atoms with Gasteiger partial charge in [0, 0.05) is 0 Å². The van der Waals surface area contributed by atoms with Crippen molar-refractivity contribution in [3.05, 3.63) is 23.3 Å². The summed E-state index contributed by atoms with van der Waals surface area (Å²) >= 11 is 0. The highest BCUT2D eigenvalue weighted by molar-refractivity contribution is 5.78. The number of fused-ring (bicyclic) bond motifs is 1. The molecule has 0 N–H and O–H groups in total. The van der Waals surface area contributed by atoms with Crippen molar-refractivity contribution in [2.45, 2.75) is 20.4 Å². The van der Waals surface area contributed by atoms with E-state index in [4.69, 9.17) is 0 Å². The normalized spacial score (nSPS) is 10.7. The Morgan fingerprint density at radius 3 is 2.75 bits per heavy atom. The summed E-state index contributed by atoms with van der Waals surface area (Å²) in [6.45, 7) is 4.13. The molecular formula is C11H13N3O2. The second-order valence-corrected chi connectivity index (χ2v) is 3.75. The molecule has 0 amide bonds. The summed E-state index contributed by atoms with van der Waals surface area (Å²) in [5.74, 6) is -0.329. The Kier molecular flexibility index (Phi) is 2.60. The molecule has 0 unspecified atom stereocenters. The van der Waals surface area contributed by atoms with Gasteiger partial charge in [-0.15, -0.1) is 5.10 Å². The number of nitrogens with zero attached hydrogens (tertiary/aromatic N) is 3. The molecule has 0 fully saturated rings. The van der Waals surface area contributed by atoms with E-state index in [-0.39, 0.29) is 12.5 Å². The van der Waals surface area contributed by atoms with Gasteiger partial charge in [0.15, 0.2) is 0 Å². The summed E-state index contributed by atoms with van der Waals surface area (Å²) in [5.41, 5.74) is 3.97. The minimum atomic E-state index is -0.329. The van der Waals surface area contributed by atoms with Crippen LogP contribution in [0.5, 0.6) is 0 Å². The molecule has 2 aromatic rings. The third-order valence-electron chi connectivity index (χ3n) is 2.64. The van der Waals surface area contributed by atoms with Crippen molar-refractivity contribution in [3.8, 4) is 0 Å². The molecule has 0 spiro atoms. The van der Waals surface area contributed by atoms with Gasteiger partial charge in [-0.05, 0) is 37.1 Å². The summed E-state index contributed by atoms with van der Waals surface area (Å²) in [7, 11) is 1.36. The first-order valence-electron chi connectivity index (χ1n) is 4.99. The first kappa shape index (κ1) is 10.6. The highest BCUT2D eigenvalue weighted by atomic mass is 16.5. The smallest absolute Gasteiger partial charge is 0.327 e. The van der Waals surface area contributed by atoms with E-state index in [1.165, 1.54) is 7.11 Å². The molecule has 0 aliphatic rings. The lowest BCUT2D eigenvalue weighted by Gasteiger charge is -2.02. The Morgan fingerprint density at radius 2 is 2.06 bits per heavy atom. The number of hydrogen-bond acceptors (Lipinski definition) is 4. The highest BCUT2D eigenvalue weighted by Gasteiger charge is 2.09. The molecule has 2 rings (SSSR count). The fourth-order valence-corrected chi connectivity index (χ4v) is 1.53. The van der Waals surface area contributed by atoms with Crippen LogP contribution in [0.1, 0.15) is 11.1 Å². The quantitative estimate of drug-likeness (QED) is 0.713. The van der Waals surface area contributed by atoms with E-state index in [1.807, 2.05) is 26.0 Å². The summed E-state index contributed by atoms with van der Waals surface area (Å²) in [6, 6.07) is 3.94. The Morgan fingerprint density at radius 1 is 1.38 bits per heavy atom. The van der Waals surface area contributed by atoms with Gasteiger partial charge >= 0.3 is 5.97 Å². The van der Waals surface area contributed by atoms with Gasteiger partial charge in [0.1, 0.15) is 12.1 Å². The van der Waals surface area contributed by atoms with Crippen LogP contribution in [0.2, 0.25) is 0 Å². The van der Waals surface area contributed by atoms with E-state index < -0.39 is 0 Å². The first-order valence-corrected chi connectivity index (χ1v) is 4.99. The van der Waals surface area contributed by atoms with Crippen molar-refractivity contribution in [3.63, 3.8) is 0 Å². The Hall–Kier alpha value is -1.91. The number of carbonyl (C=O) groups is 1. The first-order chi connectivity index (χ1) is 7.61. The Balaban J connectivity index is 2.48. The van der Waals surface area contributed by atoms with Gasteiger partial charge in [-0.1, -0.05) is 5.21 Å². The monoisotopic (exact) mass is 219 g/mol. The SMILES string of the molecule is COC(=O)Cn1nnc2cc(C)c(C)cc21. The van der Waals surface area contributed by atoms with Crippen LogP contribution < -0.4 is 0 Å². The molecule has 1 aromatic heterocycles. The number of benzene rings is 1. The number of rotatable bonds is 2. The molecule has 5 heteroatoms. The van der Waals surface area contributed by atoms with E-state index in [9.17, 15) is 4.79 Å². The van der Waals surface area contributed by atoms with E-state index in [0.29, 0.717) is 0 Å². The number of ether oxygens (including phenoxy) is 1. The Bertz CT molecular complexity index is 545. The predicted molar refractivity (Wildman–Crippen MR) is 59.0 cm³/mol. The van der Waals surface area contributed by atoms with Crippen LogP contribution in [0.4, 0.5) is 0 Å². The molecule has 5 nitrogen and oxygen atoms in total. The van der Waals surface area contributed by atoms with Crippen LogP contribution in [0.3, 0.4) is 0 Å². The van der Waals surface area contributed by atoms with Crippen LogP contribution >= 0.6 is 0 Å². The van der Waals surface area contributed by atoms with E-state index in [1.54, 1.807) is 4.68 Å². The fraction of sp³-hybridized carbons (Fsp3) is 0.364. The second kappa shape index (κ2) is 3.92. The summed E-state index contributed by atoms with van der Waals surface area (Å²) in [4.78, 5) is 11.2. The van der Waals surface area contributed by atoms with Gasteiger partial charge in [-0.2, -0.15) is 0 Å². The zero-order valence-corrected chi connectivity index (χ0v) is 9.52. The number of aryl methyl sites for hydroxylation is 2. The van der Waals surface area contributed by atoms with Crippen LogP contribution in [0.25, 0.3) is 11.0 Å². The largest absolute Gasteiger partial charge is 0.468 e. The van der Waals surface area contributed by atoms with Crippen molar-refractivity contribution >= 4 is 17.0 Å². The number of esters is 1. The van der Waals surface area contributed by atoms with Crippen LogP contribution in [0, 0.1) is 13.8 Å². The average molecular weight is 219 g/mol. The van der Waals surface area contributed by atoms with E-state index >= 15 is 0 Å². The minimum absolute atomic E-state index is 0.0928. The third-order valence-corrected chi connectivity index (χ3v) is 2.64. The van der Waals surface area contributed by atoms with Gasteiger partial charge in [-0.3, -0.25) is 4.79 Å². The fourth-order valence-electron chi connectivity index (χ4n) is 1.53. The molecule has 0 radical (unpaired) electrons. The Labute approximate surface area is 93.0 Å². The van der Waals surface area contributed by atoms with Gasteiger partial charge < -0.3 is 4.74 Å². The summed E-state index contributed by atoms with van der Waals surface area (Å²) in [5, 5.41) is 7.94. The highest BCUT2D eigenvalue weighted by Crippen LogP contribution is 2.16. The summed E-state index contributed by atoms with van der Waals surface area (Å²) < 4.78 is 6.15. The molecule has 1 aromatic carbocycles. The topological polar surface area (TPSA) is 57.0 Å². The van der Waals surface area contributed by atoms with Crippen LogP contribution in [0.15, 0.2) is 12.1 Å². The molecule has 0 aliphatic heterocycles. The van der Waals surface area contributed by atoms with Crippen molar-refractivity contribution in [2.75, 3.05) is 7.11 Å². The molecular weight excluding hydrogens is 206 g/mol. The van der Waals surface area contributed by atoms with Gasteiger partial charge in [-0.25, -0.2) is 4.68 Å². The van der Waals surface area contributed by atoms with Crippen molar-refractivity contribution < 1.29 is 9.53 Å². The number of carbonyl (C=O) groups excluding carboxylic acids is 1. The van der Waals surface area contributed by atoms with Gasteiger partial charge in [0.05, 0.1) is 12.6 Å². The van der Waals surface area contributed by atoms with E-state index in [2.05, 4.69) is 15.0 Å². The molecule has 16 heavy (non-hydrogen) atoms. The average Bonchev–Trinajstić information content (AvgIpc) is 2.62. The minimum Gasteiger partial charge on any atom is -0.468 e. The summed E-state index contributed by atoms with van der Waals surface area (Å²) in [6.07, 6.45) is 0. The van der Waals surface area contributed by atoms with Crippen molar-refractivity contribution in [2.24, 2.45) is 0 Å². The number of aromatic nitrogens is 3.